The maximum Gasteiger partial charge on any atom is 0.254 e. The lowest BCUT2D eigenvalue weighted by Crippen LogP contribution is -2.48. The number of carbonyl (C=O) groups is 1. The second-order valence-corrected chi connectivity index (χ2v) is 6.42. The molecule has 0 atom stereocenters. The van der Waals surface area contributed by atoms with E-state index in [-0.39, 0.29) is 11.7 Å². The maximum atomic E-state index is 12.0. The molecule has 0 aliphatic carbocycles. The number of hydrazone groups is 1. The standard InChI is InChI=1S/C20H24N4O2/c25-19-8-6-17(7-9-19)14-21-22-20(26)16-24-12-10-23(11-13-24)15-18-4-2-1-3-5-18/h1-9,14,25H,10-13,15-16H2,(H,22,26)/b21-14-. The minimum atomic E-state index is -0.114. The van der Waals surface area contributed by atoms with Gasteiger partial charge in [0.25, 0.3) is 5.91 Å². The molecular formula is C20H24N4O2. The normalized spacial score (nSPS) is 16.0. The summed E-state index contributed by atoms with van der Waals surface area (Å²) in [5.74, 6) is 0.0918. The van der Waals surface area contributed by atoms with Crippen molar-refractivity contribution in [3.8, 4) is 5.75 Å². The van der Waals surface area contributed by atoms with Gasteiger partial charge in [0.15, 0.2) is 0 Å². The molecule has 0 saturated carbocycles. The molecule has 1 heterocycles. The number of nitrogens with zero attached hydrogens (tertiary/aromatic N) is 3. The SMILES string of the molecule is O=C(CN1CCN(Cc2ccccc2)CC1)N/N=C\c1ccc(O)cc1. The van der Waals surface area contributed by atoms with Gasteiger partial charge in [-0.2, -0.15) is 5.10 Å². The highest BCUT2D eigenvalue weighted by Crippen LogP contribution is 2.09. The van der Waals surface area contributed by atoms with Crippen molar-refractivity contribution in [1.82, 2.24) is 15.2 Å². The highest BCUT2D eigenvalue weighted by Gasteiger charge is 2.18. The first kappa shape index (κ1) is 18.1. The topological polar surface area (TPSA) is 68.2 Å². The fourth-order valence-corrected chi connectivity index (χ4v) is 2.92. The zero-order valence-electron chi connectivity index (χ0n) is 14.7. The lowest BCUT2D eigenvalue weighted by atomic mass is 10.2. The molecule has 1 fully saturated rings. The van der Waals surface area contributed by atoms with Crippen molar-refractivity contribution in [3.63, 3.8) is 0 Å². The average Bonchev–Trinajstić information content (AvgIpc) is 2.66. The van der Waals surface area contributed by atoms with Crippen molar-refractivity contribution < 1.29 is 9.90 Å². The van der Waals surface area contributed by atoms with Crippen molar-refractivity contribution in [2.24, 2.45) is 5.10 Å². The summed E-state index contributed by atoms with van der Waals surface area (Å²) in [5.41, 5.74) is 4.70. The minimum Gasteiger partial charge on any atom is -0.508 e. The van der Waals surface area contributed by atoms with Crippen LogP contribution in [-0.4, -0.2) is 59.8 Å². The van der Waals surface area contributed by atoms with Gasteiger partial charge in [-0.3, -0.25) is 14.6 Å². The Morgan fingerprint density at radius 2 is 1.65 bits per heavy atom. The molecule has 2 aromatic rings. The average molecular weight is 352 g/mol. The summed E-state index contributed by atoms with van der Waals surface area (Å²) in [6.45, 7) is 4.98. The third-order valence-corrected chi connectivity index (χ3v) is 4.38. The predicted octanol–water partition coefficient (Wildman–Crippen LogP) is 1.66. The predicted molar refractivity (Wildman–Crippen MR) is 102 cm³/mol. The van der Waals surface area contributed by atoms with Crippen molar-refractivity contribution >= 4 is 12.1 Å². The van der Waals surface area contributed by atoms with E-state index in [0.717, 1.165) is 38.3 Å². The summed E-state index contributed by atoms with van der Waals surface area (Å²) >= 11 is 0. The van der Waals surface area contributed by atoms with Gasteiger partial charge in [0.05, 0.1) is 12.8 Å². The number of nitrogens with one attached hydrogen (secondary N) is 1. The maximum absolute atomic E-state index is 12.0. The Morgan fingerprint density at radius 1 is 1.00 bits per heavy atom. The van der Waals surface area contributed by atoms with Gasteiger partial charge in [-0.25, -0.2) is 5.43 Å². The third kappa shape index (κ3) is 5.68. The van der Waals surface area contributed by atoms with Crippen molar-refractivity contribution in [2.45, 2.75) is 6.54 Å². The number of phenolic OH excluding ortho intramolecular Hbond substituents is 1. The summed E-state index contributed by atoms with van der Waals surface area (Å²) < 4.78 is 0. The minimum absolute atomic E-state index is 0.114. The summed E-state index contributed by atoms with van der Waals surface area (Å²) in [4.78, 5) is 16.6. The van der Waals surface area contributed by atoms with Gasteiger partial charge in [0.2, 0.25) is 0 Å². The van der Waals surface area contributed by atoms with Crippen molar-refractivity contribution in [1.29, 1.82) is 0 Å². The quantitative estimate of drug-likeness (QED) is 0.613. The van der Waals surface area contributed by atoms with Gasteiger partial charge < -0.3 is 5.11 Å². The monoisotopic (exact) mass is 352 g/mol. The molecule has 1 aliphatic heterocycles. The highest BCUT2D eigenvalue weighted by atomic mass is 16.3. The molecule has 136 valence electrons. The molecule has 6 heteroatoms. The van der Waals surface area contributed by atoms with Crippen LogP contribution in [0.2, 0.25) is 0 Å². The molecule has 1 saturated heterocycles. The van der Waals surface area contributed by atoms with Crippen LogP contribution in [0.25, 0.3) is 0 Å². The zero-order chi connectivity index (χ0) is 18.2. The molecule has 0 spiro atoms. The van der Waals surface area contributed by atoms with Crippen LogP contribution in [-0.2, 0) is 11.3 Å². The lowest BCUT2D eigenvalue weighted by molar-refractivity contribution is -0.122. The van der Waals surface area contributed by atoms with Crippen molar-refractivity contribution in [2.75, 3.05) is 32.7 Å². The number of rotatable bonds is 6. The van der Waals surface area contributed by atoms with E-state index in [9.17, 15) is 9.90 Å². The Hall–Kier alpha value is -2.70. The van der Waals surface area contributed by atoms with Crippen LogP contribution in [0.3, 0.4) is 0 Å². The highest BCUT2D eigenvalue weighted by molar-refractivity contribution is 5.83. The van der Waals surface area contributed by atoms with Gasteiger partial charge in [-0.05, 0) is 35.4 Å². The van der Waals surface area contributed by atoms with Gasteiger partial charge in [0.1, 0.15) is 5.75 Å². The molecule has 1 amide bonds. The summed E-state index contributed by atoms with van der Waals surface area (Å²) in [5, 5.41) is 13.2. The molecule has 26 heavy (non-hydrogen) atoms. The molecule has 6 nitrogen and oxygen atoms in total. The molecular weight excluding hydrogens is 328 g/mol. The second kappa shape index (κ2) is 9.12. The van der Waals surface area contributed by atoms with Crippen LogP contribution in [0.5, 0.6) is 5.75 Å². The Kier molecular flexibility index (Phi) is 6.35. The number of carbonyl (C=O) groups excluding carboxylic acids is 1. The molecule has 1 aliphatic rings. The van der Waals surface area contributed by atoms with Crippen LogP contribution < -0.4 is 5.43 Å². The first-order chi connectivity index (χ1) is 12.7. The number of hydrogen-bond donors (Lipinski definition) is 2. The molecule has 0 radical (unpaired) electrons. The Bertz CT molecular complexity index is 723. The van der Waals surface area contributed by atoms with Crippen LogP contribution in [0.4, 0.5) is 0 Å². The van der Waals surface area contributed by atoms with E-state index in [0.29, 0.717) is 6.54 Å². The van der Waals surface area contributed by atoms with E-state index in [1.807, 2.05) is 6.07 Å². The first-order valence-corrected chi connectivity index (χ1v) is 8.78. The summed E-state index contributed by atoms with van der Waals surface area (Å²) in [7, 11) is 0. The Balaban J connectivity index is 1.37. The first-order valence-electron chi connectivity index (χ1n) is 8.78. The zero-order valence-corrected chi connectivity index (χ0v) is 14.7. The van der Waals surface area contributed by atoms with Crippen LogP contribution in [0.1, 0.15) is 11.1 Å². The fraction of sp³-hybridized carbons (Fsp3) is 0.300. The number of piperazine rings is 1. The number of amides is 1. The van der Waals surface area contributed by atoms with Crippen LogP contribution in [0.15, 0.2) is 59.7 Å². The van der Waals surface area contributed by atoms with Gasteiger partial charge in [0, 0.05) is 32.7 Å². The van der Waals surface area contributed by atoms with E-state index < -0.39 is 0 Å². The summed E-state index contributed by atoms with van der Waals surface area (Å²) in [6, 6.07) is 17.1. The summed E-state index contributed by atoms with van der Waals surface area (Å²) in [6.07, 6.45) is 1.56. The number of phenols is 1. The van der Waals surface area contributed by atoms with E-state index in [4.69, 9.17) is 0 Å². The molecule has 3 rings (SSSR count). The Morgan fingerprint density at radius 3 is 2.35 bits per heavy atom. The largest absolute Gasteiger partial charge is 0.508 e. The number of benzene rings is 2. The van der Waals surface area contributed by atoms with Gasteiger partial charge >= 0.3 is 0 Å². The van der Waals surface area contributed by atoms with Gasteiger partial charge in [-0.1, -0.05) is 30.3 Å². The van der Waals surface area contributed by atoms with E-state index >= 15 is 0 Å². The smallest absolute Gasteiger partial charge is 0.254 e. The van der Waals surface area contributed by atoms with E-state index in [1.165, 1.54) is 5.56 Å². The van der Waals surface area contributed by atoms with Crippen molar-refractivity contribution in [3.05, 3.63) is 65.7 Å². The fourth-order valence-electron chi connectivity index (χ4n) is 2.92. The van der Waals surface area contributed by atoms with E-state index in [1.54, 1.807) is 30.5 Å². The second-order valence-electron chi connectivity index (χ2n) is 6.42. The molecule has 2 N–H and O–H groups in total. The Labute approximate surface area is 153 Å². The lowest BCUT2D eigenvalue weighted by Gasteiger charge is -2.34. The van der Waals surface area contributed by atoms with E-state index in [2.05, 4.69) is 44.6 Å². The number of hydrogen-bond acceptors (Lipinski definition) is 5. The molecule has 0 aromatic heterocycles. The van der Waals surface area contributed by atoms with Crippen LogP contribution in [0, 0.1) is 0 Å². The van der Waals surface area contributed by atoms with Crippen LogP contribution >= 0.6 is 0 Å². The molecule has 2 aromatic carbocycles. The molecule has 0 unspecified atom stereocenters. The third-order valence-electron chi connectivity index (χ3n) is 4.38. The number of aromatic hydroxyl groups is 1. The van der Waals surface area contributed by atoms with Gasteiger partial charge in [-0.15, -0.1) is 0 Å². The molecule has 0 bridgehead atoms.